The van der Waals surface area contributed by atoms with E-state index in [1.807, 2.05) is 31.2 Å². The number of fused-ring (bicyclic) bond motifs is 1. The fourth-order valence-electron chi connectivity index (χ4n) is 2.96. The van der Waals surface area contributed by atoms with E-state index in [2.05, 4.69) is 19.6 Å². The molecular formula is C19H22N4O3S. The van der Waals surface area contributed by atoms with E-state index in [1.165, 1.54) is 6.07 Å². The van der Waals surface area contributed by atoms with Gasteiger partial charge >= 0.3 is 0 Å². The summed E-state index contributed by atoms with van der Waals surface area (Å²) in [5, 5.41) is 2.87. The Hall–Kier alpha value is -2.87. The summed E-state index contributed by atoms with van der Waals surface area (Å²) in [7, 11) is -3.38. The standard InChI is InChI=1S/C19H22N4O3S/c1-14-21-17-9-3-4-10-18(17)23(14)12-6-11-20-19(24)15-7-5-8-16(13-15)22-27(2,25)26/h3-5,7-10,13,22H,6,11-12H2,1-2H3,(H,20,24). The van der Waals surface area contributed by atoms with Crippen LogP contribution in [0.1, 0.15) is 22.6 Å². The number of amides is 1. The lowest BCUT2D eigenvalue weighted by Crippen LogP contribution is -2.25. The second kappa shape index (κ2) is 7.79. The maximum atomic E-state index is 12.3. The Balaban J connectivity index is 1.57. The summed E-state index contributed by atoms with van der Waals surface area (Å²) in [6.45, 7) is 3.23. The van der Waals surface area contributed by atoms with Gasteiger partial charge in [-0.05, 0) is 43.7 Å². The van der Waals surface area contributed by atoms with Crippen LogP contribution in [0.4, 0.5) is 5.69 Å². The van der Waals surface area contributed by atoms with E-state index in [0.717, 1.165) is 36.1 Å². The molecule has 0 saturated carbocycles. The topological polar surface area (TPSA) is 93.1 Å². The van der Waals surface area contributed by atoms with Gasteiger partial charge in [0.1, 0.15) is 5.82 Å². The molecule has 1 heterocycles. The number of carbonyl (C=O) groups excluding carboxylic acids is 1. The van der Waals surface area contributed by atoms with Crippen molar-refractivity contribution in [3.63, 3.8) is 0 Å². The van der Waals surface area contributed by atoms with Gasteiger partial charge < -0.3 is 9.88 Å². The first-order valence-electron chi connectivity index (χ1n) is 8.61. The minimum absolute atomic E-state index is 0.237. The fourth-order valence-corrected chi connectivity index (χ4v) is 3.51. The van der Waals surface area contributed by atoms with Gasteiger partial charge in [-0.3, -0.25) is 9.52 Å². The molecule has 0 radical (unpaired) electrons. The largest absolute Gasteiger partial charge is 0.352 e. The summed E-state index contributed by atoms with van der Waals surface area (Å²) in [5.74, 6) is 0.710. The molecule has 8 heteroatoms. The van der Waals surface area contributed by atoms with Crippen LogP contribution in [-0.4, -0.2) is 36.7 Å². The highest BCUT2D eigenvalue weighted by Gasteiger charge is 2.09. The van der Waals surface area contributed by atoms with Crippen molar-refractivity contribution in [2.75, 3.05) is 17.5 Å². The number of para-hydroxylation sites is 2. The molecule has 7 nitrogen and oxygen atoms in total. The minimum Gasteiger partial charge on any atom is -0.352 e. The zero-order valence-electron chi connectivity index (χ0n) is 15.3. The Morgan fingerprint density at radius 1 is 1.15 bits per heavy atom. The van der Waals surface area contributed by atoms with Gasteiger partial charge in [0.15, 0.2) is 0 Å². The normalized spacial score (nSPS) is 11.5. The van der Waals surface area contributed by atoms with Crippen molar-refractivity contribution in [3.05, 3.63) is 59.9 Å². The molecular weight excluding hydrogens is 364 g/mol. The van der Waals surface area contributed by atoms with E-state index in [1.54, 1.807) is 18.2 Å². The van der Waals surface area contributed by atoms with Crippen LogP contribution in [0.25, 0.3) is 11.0 Å². The van der Waals surface area contributed by atoms with Gasteiger partial charge in [-0.1, -0.05) is 18.2 Å². The molecule has 2 N–H and O–H groups in total. The van der Waals surface area contributed by atoms with Crippen molar-refractivity contribution >= 4 is 32.7 Å². The molecule has 0 aliphatic carbocycles. The van der Waals surface area contributed by atoms with Crippen LogP contribution in [0.5, 0.6) is 0 Å². The maximum Gasteiger partial charge on any atom is 0.251 e. The zero-order valence-corrected chi connectivity index (χ0v) is 16.1. The highest BCUT2D eigenvalue weighted by Crippen LogP contribution is 2.16. The number of aryl methyl sites for hydroxylation is 2. The van der Waals surface area contributed by atoms with Crippen molar-refractivity contribution in [1.82, 2.24) is 14.9 Å². The van der Waals surface area contributed by atoms with Crippen molar-refractivity contribution in [1.29, 1.82) is 0 Å². The SMILES string of the molecule is Cc1nc2ccccc2n1CCCNC(=O)c1cccc(NS(C)(=O)=O)c1. The second-order valence-corrected chi connectivity index (χ2v) is 8.11. The Morgan fingerprint density at radius 3 is 2.70 bits per heavy atom. The van der Waals surface area contributed by atoms with Crippen LogP contribution in [0.2, 0.25) is 0 Å². The highest BCUT2D eigenvalue weighted by molar-refractivity contribution is 7.92. The third-order valence-electron chi connectivity index (χ3n) is 4.12. The predicted molar refractivity (Wildman–Crippen MR) is 106 cm³/mol. The van der Waals surface area contributed by atoms with E-state index < -0.39 is 10.0 Å². The number of benzene rings is 2. The van der Waals surface area contributed by atoms with Crippen LogP contribution < -0.4 is 10.0 Å². The number of carbonyl (C=O) groups is 1. The minimum atomic E-state index is -3.38. The third-order valence-corrected chi connectivity index (χ3v) is 4.72. The monoisotopic (exact) mass is 386 g/mol. The number of sulfonamides is 1. The number of nitrogens with one attached hydrogen (secondary N) is 2. The molecule has 0 unspecified atom stereocenters. The second-order valence-electron chi connectivity index (χ2n) is 6.36. The lowest BCUT2D eigenvalue weighted by atomic mass is 10.2. The van der Waals surface area contributed by atoms with Crippen LogP contribution >= 0.6 is 0 Å². The van der Waals surface area contributed by atoms with Crippen molar-refractivity contribution in [2.24, 2.45) is 0 Å². The highest BCUT2D eigenvalue weighted by atomic mass is 32.2. The summed E-state index contributed by atoms with van der Waals surface area (Å²) in [5.41, 5.74) is 2.83. The first-order valence-corrected chi connectivity index (χ1v) is 10.5. The molecule has 2 aromatic carbocycles. The fraction of sp³-hybridized carbons (Fsp3) is 0.263. The average Bonchev–Trinajstić information content (AvgIpc) is 2.92. The maximum absolute atomic E-state index is 12.3. The van der Waals surface area contributed by atoms with Crippen LogP contribution in [0.15, 0.2) is 48.5 Å². The van der Waals surface area contributed by atoms with Gasteiger partial charge in [0, 0.05) is 24.3 Å². The predicted octanol–water partition coefficient (Wildman–Crippen LogP) is 2.54. The molecule has 0 bridgehead atoms. The van der Waals surface area contributed by atoms with Crippen LogP contribution in [-0.2, 0) is 16.6 Å². The average molecular weight is 386 g/mol. The number of imidazole rings is 1. The molecule has 3 aromatic rings. The van der Waals surface area contributed by atoms with Crippen LogP contribution in [0.3, 0.4) is 0 Å². The van der Waals surface area contributed by atoms with E-state index >= 15 is 0 Å². The van der Waals surface area contributed by atoms with Gasteiger partial charge in [-0.15, -0.1) is 0 Å². The number of nitrogens with zero attached hydrogens (tertiary/aromatic N) is 2. The summed E-state index contributed by atoms with van der Waals surface area (Å²) in [6, 6.07) is 14.4. The molecule has 1 amide bonds. The van der Waals surface area contributed by atoms with E-state index in [-0.39, 0.29) is 5.91 Å². The van der Waals surface area contributed by atoms with E-state index in [4.69, 9.17) is 0 Å². The summed E-state index contributed by atoms with van der Waals surface area (Å²) in [6.07, 6.45) is 1.83. The van der Waals surface area contributed by atoms with E-state index in [0.29, 0.717) is 17.8 Å². The molecule has 0 saturated heterocycles. The van der Waals surface area contributed by atoms with Crippen molar-refractivity contribution in [2.45, 2.75) is 19.9 Å². The van der Waals surface area contributed by atoms with Gasteiger partial charge in [0.25, 0.3) is 5.91 Å². The lowest BCUT2D eigenvalue weighted by Gasteiger charge is -2.09. The molecule has 0 fully saturated rings. The Labute approximate surface area is 158 Å². The molecule has 142 valence electrons. The van der Waals surface area contributed by atoms with Crippen molar-refractivity contribution in [3.8, 4) is 0 Å². The number of hydrogen-bond acceptors (Lipinski definition) is 4. The molecule has 3 rings (SSSR count). The van der Waals surface area contributed by atoms with Gasteiger partial charge in [-0.25, -0.2) is 13.4 Å². The molecule has 0 spiro atoms. The smallest absolute Gasteiger partial charge is 0.251 e. The van der Waals surface area contributed by atoms with Crippen LogP contribution in [0, 0.1) is 6.92 Å². The first kappa shape index (κ1) is 18.9. The van der Waals surface area contributed by atoms with Gasteiger partial charge in [0.05, 0.1) is 17.3 Å². The van der Waals surface area contributed by atoms with Gasteiger partial charge in [-0.2, -0.15) is 0 Å². The Bertz CT molecular complexity index is 1070. The number of aromatic nitrogens is 2. The quantitative estimate of drug-likeness (QED) is 0.610. The molecule has 0 aliphatic heterocycles. The zero-order chi connectivity index (χ0) is 19.4. The molecule has 1 aromatic heterocycles. The lowest BCUT2D eigenvalue weighted by molar-refractivity contribution is 0.0953. The van der Waals surface area contributed by atoms with Gasteiger partial charge in [0.2, 0.25) is 10.0 Å². The summed E-state index contributed by atoms with van der Waals surface area (Å²) < 4.78 is 27.1. The molecule has 0 atom stereocenters. The number of anilines is 1. The third kappa shape index (κ3) is 4.85. The first-order chi connectivity index (χ1) is 12.8. The molecule has 27 heavy (non-hydrogen) atoms. The summed E-state index contributed by atoms with van der Waals surface area (Å²) in [4.78, 5) is 16.8. The Kier molecular flexibility index (Phi) is 5.46. The number of rotatable bonds is 7. The Morgan fingerprint density at radius 2 is 1.93 bits per heavy atom. The van der Waals surface area contributed by atoms with Crippen molar-refractivity contribution < 1.29 is 13.2 Å². The van der Waals surface area contributed by atoms with E-state index in [9.17, 15) is 13.2 Å². The number of hydrogen-bond donors (Lipinski definition) is 2. The molecule has 0 aliphatic rings. The summed E-state index contributed by atoms with van der Waals surface area (Å²) >= 11 is 0.